The number of nitrogens with zero attached hydrogens (tertiary/aromatic N) is 9. The fraction of sp³-hybridized carbons (Fsp3) is 0.462. The van der Waals surface area contributed by atoms with E-state index in [2.05, 4.69) is 178 Å². The van der Waals surface area contributed by atoms with Gasteiger partial charge in [0.2, 0.25) is 0 Å². The number of aryl methyl sites for hydroxylation is 4. The van der Waals surface area contributed by atoms with Crippen LogP contribution in [-0.2, 0) is 64.4 Å². The quantitative estimate of drug-likeness (QED) is 0.0657. The van der Waals surface area contributed by atoms with E-state index in [9.17, 15) is 24.6 Å². The van der Waals surface area contributed by atoms with Crippen LogP contribution in [0.25, 0.3) is 49.2 Å². The number of carbonyl (C=O) groups excluding carboxylic acids is 3. The van der Waals surface area contributed by atoms with Gasteiger partial charge in [-0.05, 0) is 253 Å². The van der Waals surface area contributed by atoms with Crippen LogP contribution in [0.2, 0.25) is 0 Å². The second-order valence-electron chi connectivity index (χ2n) is 30.2. The zero-order valence-electron chi connectivity index (χ0n) is 64.4. The van der Waals surface area contributed by atoms with Crippen molar-refractivity contribution in [3.05, 3.63) is 168 Å². The number of fused-ring (bicyclic) bond motifs is 9. The number of benzene rings is 3. The molecule has 0 aliphatic carbocycles. The summed E-state index contributed by atoms with van der Waals surface area (Å²) in [5.74, 6) is 4.29. The lowest BCUT2D eigenvalue weighted by atomic mass is 9.91. The number of rotatable bonds is 13. The van der Waals surface area contributed by atoms with Gasteiger partial charge in [0, 0.05) is 41.9 Å². The smallest absolute Gasteiger partial charge is 0.369 e. The Labute approximate surface area is 649 Å². The number of phenolic OH excluding ortho intramolecular Hbond substituents is 1. The maximum Gasteiger partial charge on any atom is 0.369 e. The molecule has 0 radical (unpaired) electrons. The van der Waals surface area contributed by atoms with E-state index in [-0.39, 0.29) is 44.1 Å². The lowest BCUT2D eigenvalue weighted by Crippen LogP contribution is -2.43. The van der Waals surface area contributed by atoms with Gasteiger partial charge in [0.25, 0.3) is 17.7 Å². The average Bonchev–Trinajstić information content (AvgIpc) is 1.62. The van der Waals surface area contributed by atoms with Crippen LogP contribution in [0.5, 0.6) is 5.75 Å². The molecule has 0 unspecified atom stereocenters. The number of aliphatic hydroxyl groups excluding tert-OH is 1. The van der Waals surface area contributed by atoms with E-state index in [1.807, 2.05) is 109 Å². The van der Waals surface area contributed by atoms with Gasteiger partial charge in [0.15, 0.2) is 34.6 Å². The highest BCUT2D eigenvalue weighted by Crippen LogP contribution is 2.42. The maximum atomic E-state index is 13.5. The number of imidazole rings is 3. The van der Waals surface area contributed by atoms with Crippen LogP contribution >= 0.6 is 104 Å². The summed E-state index contributed by atoms with van der Waals surface area (Å²) in [6.45, 7) is 33.9. The van der Waals surface area contributed by atoms with Crippen LogP contribution in [0.4, 0.5) is 0 Å². The molecule has 12 rings (SSSR count). The van der Waals surface area contributed by atoms with Crippen molar-refractivity contribution in [2.24, 2.45) is 17.8 Å². The molecule has 0 fully saturated rings. The highest BCUT2D eigenvalue weighted by molar-refractivity contribution is 14.1. The summed E-state index contributed by atoms with van der Waals surface area (Å²) in [7, 11) is 5.57. The number of carbonyl (C=O) groups is 3. The molecule has 3 amide bonds. The Morgan fingerprint density at radius 2 is 0.830 bits per heavy atom. The number of aromatic hydroxyl groups is 1. The molecule has 9 heterocycles. The minimum Gasteiger partial charge on any atom is -0.508 e. The molecule has 0 spiro atoms. The van der Waals surface area contributed by atoms with Gasteiger partial charge >= 0.3 is 3.18 Å². The minimum atomic E-state index is -1.78. The normalized spacial score (nSPS) is 13.4. The van der Waals surface area contributed by atoms with Gasteiger partial charge in [-0.25, -0.2) is 15.0 Å². The van der Waals surface area contributed by atoms with Crippen molar-refractivity contribution in [2.75, 3.05) is 26.0 Å². The van der Waals surface area contributed by atoms with E-state index in [1.165, 1.54) is 56.1 Å². The van der Waals surface area contributed by atoms with Crippen molar-refractivity contribution in [3.8, 4) is 54.9 Å². The first kappa shape index (κ1) is 75.9. The van der Waals surface area contributed by atoms with Crippen molar-refractivity contribution in [1.29, 1.82) is 0 Å². The molecule has 0 saturated heterocycles. The lowest BCUT2D eigenvalue weighted by molar-refractivity contribution is 0.0640. The summed E-state index contributed by atoms with van der Waals surface area (Å²) in [6, 6.07) is 25.3. The van der Waals surface area contributed by atoms with E-state index in [1.54, 1.807) is 43.8 Å². The maximum absolute atomic E-state index is 13.5. The zero-order chi connectivity index (χ0) is 76.3. The van der Waals surface area contributed by atoms with Gasteiger partial charge in [0.05, 0.1) is 55.4 Å². The molecule has 100 heavy (non-hydrogen) atoms. The number of aromatic nitrogens is 6. The first-order valence-corrected chi connectivity index (χ1v) is 40.6. The second kappa shape index (κ2) is 33.7. The molecule has 22 heteroatoms. The lowest BCUT2D eigenvalue weighted by Gasteiger charge is -2.32. The summed E-state index contributed by atoms with van der Waals surface area (Å²) < 4.78 is 25.6. The monoisotopic (exact) mass is 1720 g/mol. The van der Waals surface area contributed by atoms with Gasteiger partial charge in [-0.2, -0.15) is 0 Å². The predicted octanol–water partition coefficient (Wildman–Crippen LogP) is 20.0. The molecule has 9 aromatic rings. The molecule has 0 bridgehead atoms. The van der Waals surface area contributed by atoms with E-state index in [0.29, 0.717) is 47.0 Å². The number of aliphatic hydroxyl groups is 1. The molecule has 2 N–H and O–H groups in total. The average molecular weight is 1720 g/mol. The van der Waals surface area contributed by atoms with Gasteiger partial charge < -0.3 is 24.9 Å². The van der Waals surface area contributed by atoms with Crippen molar-refractivity contribution in [2.45, 2.75) is 192 Å². The van der Waals surface area contributed by atoms with Crippen LogP contribution < -0.4 is 0 Å². The molecule has 536 valence electrons. The largest absolute Gasteiger partial charge is 0.508 e. The number of phenols is 1. The highest BCUT2D eigenvalue weighted by Gasteiger charge is 2.37. The van der Waals surface area contributed by atoms with Gasteiger partial charge in [-0.15, -0.1) is 81.3 Å². The Kier molecular flexibility index (Phi) is 25.6. The van der Waals surface area contributed by atoms with Gasteiger partial charge in [-0.3, -0.25) is 28.1 Å². The molecule has 14 nitrogen and oxygen atoms in total. The zero-order valence-corrected chi connectivity index (χ0v) is 70.8. The van der Waals surface area contributed by atoms with E-state index in [4.69, 9.17) is 19.1 Å². The van der Waals surface area contributed by atoms with Crippen molar-refractivity contribution >= 4 is 125 Å². The first-order chi connectivity index (χ1) is 48.0. The third kappa shape index (κ3) is 18.3. The first-order valence-electron chi connectivity index (χ1n) is 35.7. The minimum absolute atomic E-state index is 0.00276. The predicted molar refractivity (Wildman–Crippen MR) is 439 cm³/mol. The molecule has 6 aromatic heterocycles. The van der Waals surface area contributed by atoms with Crippen LogP contribution in [0.3, 0.4) is 0 Å². The number of thiophene rings is 3. The number of hydrogen-bond donors (Lipinski definition) is 2. The Morgan fingerprint density at radius 1 is 0.530 bits per heavy atom. The fourth-order valence-corrected chi connectivity index (χ4v) is 14.8. The molecule has 0 saturated carbocycles. The third-order valence-corrected chi connectivity index (χ3v) is 21.2. The molecule has 3 aliphatic heterocycles. The Balaban J connectivity index is 0.000000184. The topological polar surface area (TPSA) is 155 Å². The van der Waals surface area contributed by atoms with Gasteiger partial charge in [-0.1, -0.05) is 94.5 Å². The van der Waals surface area contributed by atoms with Crippen LogP contribution in [0.15, 0.2) is 88.9 Å². The van der Waals surface area contributed by atoms with Crippen molar-refractivity contribution in [1.82, 2.24) is 43.4 Å². The van der Waals surface area contributed by atoms with Crippen LogP contribution in [-0.4, -0.2) is 117 Å². The highest BCUT2D eigenvalue weighted by atomic mass is 127. The Bertz CT molecular complexity index is 4260. The number of amides is 3. The summed E-state index contributed by atoms with van der Waals surface area (Å²) in [5, 5.41) is 26.7. The fourth-order valence-electron chi connectivity index (χ4n) is 12.7. The summed E-state index contributed by atoms with van der Waals surface area (Å²) in [6.07, 6.45) is 7.60. The van der Waals surface area contributed by atoms with Gasteiger partial charge in [0.1, 0.15) is 5.75 Å². The Hall–Kier alpha value is -5.21. The van der Waals surface area contributed by atoms with Crippen molar-refractivity contribution < 1.29 is 28.7 Å². The summed E-state index contributed by atoms with van der Waals surface area (Å²) in [4.78, 5) is 62.0. The third-order valence-electron chi connectivity index (χ3n) is 18.6. The van der Waals surface area contributed by atoms with E-state index < -0.39 is 4.86 Å². The summed E-state index contributed by atoms with van der Waals surface area (Å²) in [5.41, 5.74) is 16.6. The SMILES string of the molecule is BrB(Br)Br.CC(C)Cc1cc2c(cc1CO)CCc1c(C(=O)N(C)C(C)(C)C)nc(-c3cccs3)n1-2.CC(C)Cc1cc2c(cc1O)CCc1c(C(=O)N(C)C(C)(C)C)nc(-c3cccs3)n1-2.Cc1cc2c(cc1CC(C)C)-n1c(-c3cccs3)nc(C(=O)N(C)C(C)(C)C)c1CC2.[2H]C([2H])([2H])I. The number of alkyl halides is 1. The standard InChI is InChI=1S/C26H33N3O2S.C26H33N3OS.C25H31N3O2S.CH3I.BBr3/c1-16(2)12-18-14-21-17(13-19(18)15-30)9-10-20-23(25(31)28(6)26(3,4)5)27-24(29(20)21)22-8-7-11-32-22;1-16(2)13-19-15-21-18(14-17(19)3)10-11-20-23(25(30)28(7)26(4,5)6)27-24(29(20)21)22-9-8-12-31-22;1-15(2)12-17-13-19-16(14-20(17)29)9-10-18-22(24(30)27(6)25(3,4)5)26-23(28(18)19)21-8-7-11-31-21;1-2;2-1(3)4/h7-8,11,13-14,16,30H,9-10,12,15H2,1-6H3;8-9,12,14-16H,10-11,13H2,1-7H3;7-8,11,13-15,29H,9-10,12H2,1-6H3;1H3;/i;;;1D3;. The van der Waals surface area contributed by atoms with E-state index >= 15 is 0 Å². The number of hydrogen-bond acceptors (Lipinski definition) is 11. The van der Waals surface area contributed by atoms with Crippen LogP contribution in [0.1, 0.15) is 201 Å². The molecule has 3 aliphatic rings. The van der Waals surface area contributed by atoms with E-state index in [0.717, 1.165) is 129 Å². The van der Waals surface area contributed by atoms with Crippen LogP contribution in [0, 0.1) is 24.7 Å². The number of halogens is 4. The van der Waals surface area contributed by atoms with Crippen molar-refractivity contribution in [3.63, 3.8) is 0 Å². The Morgan fingerprint density at radius 3 is 1.14 bits per heavy atom. The second-order valence-corrected chi connectivity index (χ2v) is 39.5. The summed E-state index contributed by atoms with van der Waals surface area (Å²) >= 11 is 15.6. The molecular formula is C78H100BBr3IN9O5S3. The molecular weight excluding hydrogens is 1620 g/mol. The molecule has 0 atom stereocenters. The molecule has 3 aromatic carbocycles.